The number of fused-ring (bicyclic) bond motifs is 3. The molecule has 3 nitrogen and oxygen atoms in total. The van der Waals surface area contributed by atoms with Gasteiger partial charge in [-0.05, 0) is 0 Å². The number of para-hydroxylation sites is 1. The van der Waals surface area contributed by atoms with Crippen molar-refractivity contribution in [1.82, 2.24) is 4.98 Å². The Bertz CT molecular complexity index is 1590. The normalized spacial score (nSPS) is 10.3. The summed E-state index contributed by atoms with van der Waals surface area (Å²) < 4.78 is 15.5. The Hall–Kier alpha value is -3.21. The number of rotatable bonds is 5. The molecule has 0 radical (unpaired) electrons. The van der Waals surface area contributed by atoms with Crippen molar-refractivity contribution in [1.29, 1.82) is 0 Å². The maximum atomic E-state index is 6.66. The van der Waals surface area contributed by atoms with Crippen LogP contribution in [0.1, 0.15) is 5.56 Å². The van der Waals surface area contributed by atoms with E-state index in [2.05, 4.69) is 57.8 Å². The van der Waals surface area contributed by atoms with Gasteiger partial charge in [0.15, 0.2) is 0 Å². The Balaban J connectivity index is 0.00000152. The van der Waals surface area contributed by atoms with Crippen molar-refractivity contribution < 1.29 is 24.8 Å². The Labute approximate surface area is 228 Å². The van der Waals surface area contributed by atoms with Gasteiger partial charge in [-0.1, -0.05) is 0 Å². The van der Waals surface area contributed by atoms with Crippen LogP contribution in [0.3, 0.4) is 0 Å². The van der Waals surface area contributed by atoms with Crippen molar-refractivity contribution in [3.05, 3.63) is 127 Å². The van der Waals surface area contributed by atoms with Crippen molar-refractivity contribution in [2.45, 2.75) is 0 Å². The van der Waals surface area contributed by atoms with Crippen molar-refractivity contribution in [2.75, 3.05) is 0 Å². The summed E-state index contributed by atoms with van der Waals surface area (Å²) in [5.74, 6) is 1.69. The van der Waals surface area contributed by atoms with E-state index in [1.165, 1.54) is 0 Å². The van der Waals surface area contributed by atoms with Gasteiger partial charge in [-0.3, -0.25) is 0 Å². The van der Waals surface area contributed by atoms with Crippen LogP contribution in [0, 0.1) is 0 Å². The summed E-state index contributed by atoms with van der Waals surface area (Å²) in [6.45, 7) is 0. The number of hydrogen-bond acceptors (Lipinski definition) is 3. The van der Waals surface area contributed by atoms with Gasteiger partial charge in [-0.2, -0.15) is 0 Å². The van der Waals surface area contributed by atoms with E-state index in [-0.39, 0.29) is 24.8 Å². The van der Waals surface area contributed by atoms with Crippen LogP contribution in [0.25, 0.3) is 32.4 Å². The van der Waals surface area contributed by atoms with E-state index >= 15 is 0 Å². The van der Waals surface area contributed by atoms with Gasteiger partial charge < -0.3 is 0 Å². The quantitative estimate of drug-likeness (QED) is 0.204. The average Bonchev–Trinajstić information content (AvgIpc) is 2.89. The predicted molar refractivity (Wildman–Crippen MR) is 151 cm³/mol. The molecule has 178 valence electrons. The predicted octanol–water partition coefficient (Wildman–Crippen LogP) is 8.14. The van der Waals surface area contributed by atoms with Crippen LogP contribution in [0.15, 0.2) is 121 Å². The van der Waals surface area contributed by atoms with Gasteiger partial charge >= 0.3 is 205 Å². The van der Waals surface area contributed by atoms with E-state index in [1.54, 1.807) is 0 Å². The summed E-state index contributed by atoms with van der Waals surface area (Å²) in [5.41, 5.74) is 1.99. The van der Waals surface area contributed by atoms with E-state index in [0.717, 1.165) is 49.5 Å². The Morgan fingerprint density at radius 1 is 0.556 bits per heavy atom. The van der Waals surface area contributed by atoms with Crippen molar-refractivity contribution in [3.63, 3.8) is 0 Å². The fraction of sp³-hybridized carbons (Fsp3) is 0. The van der Waals surface area contributed by atoms with Crippen LogP contribution >= 0.6 is 24.8 Å². The van der Waals surface area contributed by atoms with Gasteiger partial charge in [0.2, 0.25) is 0 Å². The van der Waals surface area contributed by atoms with E-state index in [9.17, 15) is 0 Å². The number of benzene rings is 5. The monoisotopic (exact) mass is 547 g/mol. The molecule has 1 aromatic heterocycles. The first-order valence-corrected chi connectivity index (χ1v) is 13.4. The van der Waals surface area contributed by atoms with E-state index in [4.69, 9.17) is 6.64 Å². The first-order valence-electron chi connectivity index (χ1n) is 11.2. The third-order valence-corrected chi connectivity index (χ3v) is 8.02. The van der Waals surface area contributed by atoms with Crippen LogP contribution in [0.4, 0.5) is 0 Å². The van der Waals surface area contributed by atoms with Gasteiger partial charge in [0.05, 0.1) is 0 Å². The van der Waals surface area contributed by atoms with Crippen molar-refractivity contribution in [3.8, 4) is 11.5 Å². The molecule has 0 aliphatic rings. The molecule has 0 unspecified atom stereocenters. The summed E-state index contributed by atoms with van der Waals surface area (Å²) in [6, 6.07) is 39.2. The second kappa shape index (κ2) is 11.7. The molecule has 0 amide bonds. The van der Waals surface area contributed by atoms with Gasteiger partial charge in [-0.15, -0.1) is 24.8 Å². The van der Waals surface area contributed by atoms with Crippen LogP contribution < -0.4 is 6.64 Å². The third kappa shape index (κ3) is 5.45. The summed E-state index contributed by atoms with van der Waals surface area (Å²) >= 11 is -2.72. The molecule has 6 aromatic rings. The minimum absolute atomic E-state index is 0. The fourth-order valence-electron chi connectivity index (χ4n) is 4.17. The number of hydrogen-bond donors (Lipinski definition) is 0. The molecule has 0 N–H and O–H groups in total. The standard InChI is InChI=1S/C10H7N.2C10H8O.2ClH.Ti/c1-8-6-9-4-2-3-5-10(9)11-7-8;2*11-10-7-3-5-8-4-1-2-6-9(8)10;;;/h1-7H;2*1-7,11H;2*1H;/q;;;;;+2/p-2. The number of nitrogens with zero attached hydrogens (tertiary/aromatic N) is 1. The van der Waals surface area contributed by atoms with Gasteiger partial charge in [0, 0.05) is 0 Å². The SMILES string of the molecule is Cl.Cl.[CH](c1cnc2ccccc2c1)=[Ti]([O]c1cccc2ccccc12)[O]c1cccc2ccccc12. The molecule has 0 bridgehead atoms. The number of pyridine rings is 1. The first-order chi connectivity index (χ1) is 16.8. The third-order valence-electron chi connectivity index (χ3n) is 5.82. The second-order valence-corrected chi connectivity index (χ2v) is 10.2. The van der Waals surface area contributed by atoms with Crippen molar-refractivity contribution >= 4 is 61.6 Å². The van der Waals surface area contributed by atoms with Crippen LogP contribution in [0.5, 0.6) is 11.5 Å². The second-order valence-electron chi connectivity index (χ2n) is 8.08. The molecule has 0 aliphatic heterocycles. The van der Waals surface area contributed by atoms with Gasteiger partial charge in [0.25, 0.3) is 0 Å². The zero-order chi connectivity index (χ0) is 22.7. The first kappa shape index (κ1) is 25.9. The molecule has 0 aliphatic carbocycles. The summed E-state index contributed by atoms with van der Waals surface area (Å²) in [5, 5.41) is 5.57. The molecular formula is C30H23Cl2NO2Ti. The molecule has 0 atom stereocenters. The van der Waals surface area contributed by atoms with Crippen LogP contribution in [-0.2, 0) is 18.2 Å². The summed E-state index contributed by atoms with van der Waals surface area (Å²) in [6.07, 6.45) is 1.90. The zero-order valence-electron chi connectivity index (χ0n) is 19.2. The fourth-order valence-corrected chi connectivity index (χ4v) is 6.32. The molecule has 5 aromatic carbocycles. The molecule has 1 heterocycles. The van der Waals surface area contributed by atoms with Crippen molar-refractivity contribution in [2.24, 2.45) is 0 Å². The Morgan fingerprint density at radius 2 is 1.06 bits per heavy atom. The van der Waals surface area contributed by atoms with Gasteiger partial charge in [-0.25, -0.2) is 0 Å². The van der Waals surface area contributed by atoms with E-state index in [0.29, 0.717) is 0 Å². The topological polar surface area (TPSA) is 31.4 Å². The molecular weight excluding hydrogens is 525 g/mol. The number of halogens is 2. The molecule has 6 rings (SSSR count). The maximum absolute atomic E-state index is 6.66. The van der Waals surface area contributed by atoms with Gasteiger partial charge in [0.1, 0.15) is 0 Å². The molecule has 0 saturated carbocycles. The molecule has 0 fully saturated rings. The molecule has 0 saturated heterocycles. The minimum atomic E-state index is -2.72. The van der Waals surface area contributed by atoms with E-state index in [1.807, 2.05) is 72.9 Å². The summed E-state index contributed by atoms with van der Waals surface area (Å²) in [7, 11) is 0. The zero-order valence-corrected chi connectivity index (χ0v) is 22.4. The Kier molecular flexibility index (Phi) is 8.40. The summed E-state index contributed by atoms with van der Waals surface area (Å²) in [4.78, 5) is 4.63. The number of aromatic nitrogens is 1. The van der Waals surface area contributed by atoms with Crippen LogP contribution in [-0.4, -0.2) is 9.30 Å². The van der Waals surface area contributed by atoms with Crippen LogP contribution in [0.2, 0.25) is 0 Å². The van der Waals surface area contributed by atoms with E-state index < -0.39 is 18.2 Å². The molecule has 36 heavy (non-hydrogen) atoms. The molecule has 6 heteroatoms. The average molecular weight is 548 g/mol. The molecule has 0 spiro atoms. The Morgan fingerprint density at radius 3 is 1.67 bits per heavy atom.